The van der Waals surface area contributed by atoms with Crippen molar-refractivity contribution in [2.24, 2.45) is 0 Å². The third kappa shape index (κ3) is 2.65. The van der Waals surface area contributed by atoms with Crippen molar-refractivity contribution < 1.29 is 5.11 Å². The number of aliphatic hydroxyl groups excluding tert-OH is 1. The van der Waals surface area contributed by atoms with E-state index in [1.54, 1.807) is 0 Å². The molecule has 0 radical (unpaired) electrons. The van der Waals surface area contributed by atoms with E-state index in [1.807, 2.05) is 60.7 Å². The molecule has 0 fully saturated rings. The van der Waals surface area contributed by atoms with Crippen LogP contribution < -0.4 is 6.15 Å². The van der Waals surface area contributed by atoms with E-state index in [2.05, 4.69) is 0 Å². The molecule has 0 saturated heterocycles. The Morgan fingerprint density at radius 2 is 1.00 bits per heavy atom. The topological polar surface area (TPSA) is 55.2 Å². The van der Waals surface area contributed by atoms with Crippen LogP contribution in [0.5, 0.6) is 0 Å². The third-order valence-electron chi connectivity index (χ3n) is 2.23. The SMILES string of the molecule is N.OC(c1ccccc1)c1ccccc1. The first kappa shape index (κ1) is 11.4. The first-order chi connectivity index (χ1) is 6.88. The average Bonchev–Trinajstić information content (AvgIpc) is 2.30. The van der Waals surface area contributed by atoms with Crippen LogP contribution in [0.15, 0.2) is 60.7 Å². The highest BCUT2D eigenvalue weighted by Crippen LogP contribution is 2.20. The monoisotopic (exact) mass is 201 g/mol. The zero-order valence-corrected chi connectivity index (χ0v) is 8.51. The lowest BCUT2D eigenvalue weighted by Crippen LogP contribution is -1.98. The van der Waals surface area contributed by atoms with Gasteiger partial charge >= 0.3 is 0 Å². The van der Waals surface area contributed by atoms with E-state index in [9.17, 15) is 5.11 Å². The molecular formula is C13H15NO. The molecule has 2 nitrogen and oxygen atoms in total. The molecule has 2 rings (SSSR count). The van der Waals surface area contributed by atoms with E-state index >= 15 is 0 Å². The molecule has 2 heteroatoms. The maximum absolute atomic E-state index is 9.99. The predicted octanol–water partition coefficient (Wildman–Crippen LogP) is 2.93. The van der Waals surface area contributed by atoms with Gasteiger partial charge in [-0.25, -0.2) is 0 Å². The summed E-state index contributed by atoms with van der Waals surface area (Å²) in [5.74, 6) is 0. The van der Waals surface area contributed by atoms with E-state index in [0.29, 0.717) is 0 Å². The van der Waals surface area contributed by atoms with Crippen LogP contribution in [0.4, 0.5) is 0 Å². The fourth-order valence-corrected chi connectivity index (χ4v) is 1.46. The first-order valence-electron chi connectivity index (χ1n) is 4.66. The Kier molecular flexibility index (Phi) is 4.03. The molecule has 2 aromatic carbocycles. The largest absolute Gasteiger partial charge is 0.384 e. The van der Waals surface area contributed by atoms with Gasteiger partial charge < -0.3 is 11.3 Å². The highest BCUT2D eigenvalue weighted by molar-refractivity contribution is 5.29. The molecule has 0 amide bonds. The lowest BCUT2D eigenvalue weighted by Gasteiger charge is -2.10. The fraction of sp³-hybridized carbons (Fsp3) is 0.0769. The number of hydrogen-bond donors (Lipinski definition) is 2. The Morgan fingerprint density at radius 1 is 0.667 bits per heavy atom. The molecule has 4 N–H and O–H groups in total. The maximum atomic E-state index is 9.99. The molecule has 0 aliphatic rings. The minimum absolute atomic E-state index is 0. The Bertz CT molecular complexity index is 346. The van der Waals surface area contributed by atoms with Gasteiger partial charge in [-0.3, -0.25) is 0 Å². The summed E-state index contributed by atoms with van der Waals surface area (Å²) >= 11 is 0. The Labute approximate surface area is 89.8 Å². The minimum atomic E-state index is -0.516. The number of rotatable bonds is 2. The van der Waals surface area contributed by atoms with E-state index in [4.69, 9.17) is 0 Å². The van der Waals surface area contributed by atoms with Gasteiger partial charge in [-0.2, -0.15) is 0 Å². The van der Waals surface area contributed by atoms with Gasteiger partial charge in [0.2, 0.25) is 0 Å². The van der Waals surface area contributed by atoms with Crippen molar-refractivity contribution in [1.29, 1.82) is 0 Å². The molecule has 0 saturated carbocycles. The summed E-state index contributed by atoms with van der Waals surface area (Å²) in [4.78, 5) is 0. The Hall–Kier alpha value is -1.64. The van der Waals surface area contributed by atoms with Crippen LogP contribution in [0.25, 0.3) is 0 Å². The van der Waals surface area contributed by atoms with Gasteiger partial charge in [0.1, 0.15) is 6.10 Å². The Morgan fingerprint density at radius 3 is 1.33 bits per heavy atom. The summed E-state index contributed by atoms with van der Waals surface area (Å²) in [6.45, 7) is 0. The standard InChI is InChI=1S/C13H12O.H3N/c14-13(11-7-3-1-4-8-11)12-9-5-2-6-10-12;/h1-10,13-14H;1H3. The first-order valence-corrected chi connectivity index (χ1v) is 4.66. The molecule has 0 unspecified atom stereocenters. The van der Waals surface area contributed by atoms with Gasteiger partial charge in [-0.05, 0) is 11.1 Å². The quantitative estimate of drug-likeness (QED) is 0.784. The minimum Gasteiger partial charge on any atom is -0.384 e. The zero-order valence-electron chi connectivity index (χ0n) is 8.51. The average molecular weight is 201 g/mol. The van der Waals surface area contributed by atoms with Crippen LogP contribution in [0.3, 0.4) is 0 Å². The molecule has 0 aliphatic heterocycles. The van der Waals surface area contributed by atoms with Crippen LogP contribution in [0.1, 0.15) is 17.2 Å². The number of benzene rings is 2. The van der Waals surface area contributed by atoms with Crippen LogP contribution in [0, 0.1) is 0 Å². The molecule has 15 heavy (non-hydrogen) atoms. The molecular weight excluding hydrogens is 186 g/mol. The van der Waals surface area contributed by atoms with Crippen molar-refractivity contribution in [3.05, 3.63) is 71.8 Å². The lowest BCUT2D eigenvalue weighted by molar-refractivity contribution is 0.220. The van der Waals surface area contributed by atoms with Gasteiger partial charge in [0.25, 0.3) is 0 Å². The molecule has 0 heterocycles. The van der Waals surface area contributed by atoms with Crippen molar-refractivity contribution in [3.8, 4) is 0 Å². The normalized spacial score (nSPS) is 9.73. The van der Waals surface area contributed by atoms with E-state index in [-0.39, 0.29) is 6.15 Å². The van der Waals surface area contributed by atoms with E-state index < -0.39 is 6.10 Å². The van der Waals surface area contributed by atoms with Crippen LogP contribution in [0.2, 0.25) is 0 Å². The van der Waals surface area contributed by atoms with Gasteiger partial charge in [-0.1, -0.05) is 60.7 Å². The van der Waals surface area contributed by atoms with Crippen molar-refractivity contribution in [2.75, 3.05) is 0 Å². The van der Waals surface area contributed by atoms with Gasteiger partial charge in [0, 0.05) is 0 Å². The van der Waals surface area contributed by atoms with Crippen molar-refractivity contribution in [3.63, 3.8) is 0 Å². The number of hydrogen-bond acceptors (Lipinski definition) is 2. The molecule has 0 spiro atoms. The summed E-state index contributed by atoms with van der Waals surface area (Å²) in [7, 11) is 0. The van der Waals surface area contributed by atoms with Crippen LogP contribution in [-0.4, -0.2) is 5.11 Å². The molecule has 0 bridgehead atoms. The van der Waals surface area contributed by atoms with Crippen LogP contribution in [-0.2, 0) is 0 Å². The second-order valence-corrected chi connectivity index (χ2v) is 3.22. The van der Waals surface area contributed by atoms with Gasteiger partial charge in [-0.15, -0.1) is 0 Å². The molecule has 0 atom stereocenters. The van der Waals surface area contributed by atoms with Crippen molar-refractivity contribution in [1.82, 2.24) is 6.15 Å². The molecule has 2 aromatic rings. The molecule has 0 aliphatic carbocycles. The van der Waals surface area contributed by atoms with Crippen LogP contribution >= 0.6 is 0 Å². The third-order valence-corrected chi connectivity index (χ3v) is 2.23. The highest BCUT2D eigenvalue weighted by Gasteiger charge is 2.07. The molecule has 78 valence electrons. The summed E-state index contributed by atoms with van der Waals surface area (Å²) in [5, 5.41) is 9.99. The van der Waals surface area contributed by atoms with Crippen molar-refractivity contribution in [2.45, 2.75) is 6.10 Å². The smallest absolute Gasteiger partial charge is 0.104 e. The summed E-state index contributed by atoms with van der Waals surface area (Å²) in [6, 6.07) is 19.3. The lowest BCUT2D eigenvalue weighted by atomic mass is 10.0. The van der Waals surface area contributed by atoms with E-state index in [1.165, 1.54) is 0 Å². The van der Waals surface area contributed by atoms with E-state index in [0.717, 1.165) is 11.1 Å². The summed E-state index contributed by atoms with van der Waals surface area (Å²) < 4.78 is 0. The van der Waals surface area contributed by atoms with Crippen molar-refractivity contribution >= 4 is 0 Å². The van der Waals surface area contributed by atoms with Gasteiger partial charge in [0.05, 0.1) is 0 Å². The zero-order chi connectivity index (χ0) is 9.80. The number of aliphatic hydroxyl groups is 1. The Balaban J connectivity index is 0.00000112. The summed E-state index contributed by atoms with van der Waals surface area (Å²) in [6.07, 6.45) is -0.516. The maximum Gasteiger partial charge on any atom is 0.104 e. The molecule has 0 aromatic heterocycles. The predicted molar refractivity (Wildman–Crippen MR) is 62.0 cm³/mol. The highest BCUT2D eigenvalue weighted by atomic mass is 16.3. The second kappa shape index (κ2) is 5.29. The summed E-state index contributed by atoms with van der Waals surface area (Å²) in [5.41, 5.74) is 1.86. The second-order valence-electron chi connectivity index (χ2n) is 3.22. The van der Waals surface area contributed by atoms with Gasteiger partial charge in [0.15, 0.2) is 0 Å². The fourth-order valence-electron chi connectivity index (χ4n) is 1.46.